The number of piperidine rings is 1. The van der Waals surface area contributed by atoms with Crippen LogP contribution in [0.1, 0.15) is 34.7 Å². The third kappa shape index (κ3) is 3.48. The normalized spacial score (nSPS) is 17.8. The van der Waals surface area contributed by atoms with Gasteiger partial charge in [-0.05, 0) is 31.4 Å². The maximum Gasteiger partial charge on any atom is 0.230 e. The second kappa shape index (κ2) is 7.48. The highest BCUT2D eigenvalue weighted by molar-refractivity contribution is 7.15. The van der Waals surface area contributed by atoms with E-state index in [0.717, 1.165) is 35.5 Å². The maximum absolute atomic E-state index is 12.7. The molecule has 1 spiro atoms. The molecule has 2 N–H and O–H groups in total. The zero-order valence-electron chi connectivity index (χ0n) is 16.8. The van der Waals surface area contributed by atoms with Gasteiger partial charge in [-0.2, -0.15) is 0 Å². The summed E-state index contributed by atoms with van der Waals surface area (Å²) >= 11 is 1.75. The van der Waals surface area contributed by atoms with Crippen LogP contribution in [0.5, 0.6) is 0 Å². The number of carbonyl (C=O) groups excluding carboxylic acids is 1. The van der Waals surface area contributed by atoms with E-state index in [0.29, 0.717) is 31.3 Å². The lowest BCUT2D eigenvalue weighted by atomic mass is 9.82. The fraction of sp³-hybridized carbons (Fsp3) is 0.429. The first kappa shape index (κ1) is 19.2. The van der Waals surface area contributed by atoms with E-state index in [4.69, 9.17) is 15.0 Å². The van der Waals surface area contributed by atoms with Crippen LogP contribution in [0.3, 0.4) is 0 Å². The molecule has 0 bridgehead atoms. The Bertz CT molecular complexity index is 1070. The summed E-state index contributed by atoms with van der Waals surface area (Å²) in [6.07, 6.45) is 6.01. The summed E-state index contributed by atoms with van der Waals surface area (Å²) in [5.41, 5.74) is 8.20. The van der Waals surface area contributed by atoms with Crippen molar-refractivity contribution in [3.8, 4) is 10.6 Å². The third-order valence-corrected chi connectivity index (χ3v) is 7.07. The summed E-state index contributed by atoms with van der Waals surface area (Å²) in [4.78, 5) is 25.6. The standard InChI is InChI=1S/C21H23N5O3S/c1-13-8-14(29-25-13)9-20(27)26-5-3-21(4-6-26)15-10-18(30-17(15)2-7-28-21)16-11-24-19(22)12-23-16/h8,10-12H,2-7,9H2,1H3,(H2,22,24). The number of rotatable bonds is 3. The lowest BCUT2D eigenvalue weighted by Crippen LogP contribution is -2.48. The average molecular weight is 426 g/mol. The Hall–Kier alpha value is -2.78. The molecule has 3 aromatic heterocycles. The van der Waals surface area contributed by atoms with Gasteiger partial charge in [-0.25, -0.2) is 9.97 Å². The summed E-state index contributed by atoms with van der Waals surface area (Å²) < 4.78 is 11.5. The van der Waals surface area contributed by atoms with Gasteiger partial charge in [-0.1, -0.05) is 5.16 Å². The third-order valence-electron chi connectivity index (χ3n) is 5.86. The van der Waals surface area contributed by atoms with Gasteiger partial charge in [0.15, 0.2) is 0 Å². The van der Waals surface area contributed by atoms with E-state index in [2.05, 4.69) is 21.2 Å². The van der Waals surface area contributed by atoms with Crippen LogP contribution in [0.4, 0.5) is 5.82 Å². The predicted molar refractivity (Wildman–Crippen MR) is 112 cm³/mol. The molecule has 5 rings (SSSR count). The minimum absolute atomic E-state index is 0.0696. The summed E-state index contributed by atoms with van der Waals surface area (Å²) in [5, 5.41) is 3.86. The zero-order chi connectivity index (χ0) is 20.7. The maximum atomic E-state index is 12.7. The Labute approximate surface area is 178 Å². The van der Waals surface area contributed by atoms with Gasteiger partial charge in [0, 0.05) is 30.5 Å². The number of likely N-dealkylation sites (tertiary alicyclic amines) is 1. The van der Waals surface area contributed by atoms with E-state index in [1.165, 1.54) is 10.4 Å². The molecule has 2 aliphatic heterocycles. The van der Waals surface area contributed by atoms with Crippen molar-refractivity contribution in [1.82, 2.24) is 20.0 Å². The van der Waals surface area contributed by atoms with Crippen LogP contribution in [0.15, 0.2) is 29.0 Å². The molecule has 1 amide bonds. The molecule has 3 aromatic rings. The number of aryl methyl sites for hydroxylation is 1. The SMILES string of the molecule is Cc1cc(CC(=O)N2CCC3(CC2)OCCc2sc(-c4cnc(N)cn4)cc23)on1. The van der Waals surface area contributed by atoms with Gasteiger partial charge in [0.05, 0.1) is 47.3 Å². The van der Waals surface area contributed by atoms with E-state index >= 15 is 0 Å². The number of aromatic nitrogens is 3. The number of carbonyl (C=O) groups is 1. The lowest BCUT2D eigenvalue weighted by Gasteiger charge is -2.44. The monoisotopic (exact) mass is 425 g/mol. The van der Waals surface area contributed by atoms with Crippen molar-refractivity contribution in [3.05, 3.63) is 46.4 Å². The molecule has 0 radical (unpaired) electrons. The first-order valence-corrected chi connectivity index (χ1v) is 10.9. The molecule has 30 heavy (non-hydrogen) atoms. The van der Waals surface area contributed by atoms with Crippen LogP contribution in [0.25, 0.3) is 10.6 Å². The molecule has 0 saturated carbocycles. The van der Waals surface area contributed by atoms with Gasteiger partial charge >= 0.3 is 0 Å². The molecule has 8 nitrogen and oxygen atoms in total. The topological polar surface area (TPSA) is 107 Å². The average Bonchev–Trinajstić information content (AvgIpc) is 3.36. The molecule has 156 valence electrons. The van der Waals surface area contributed by atoms with Gasteiger partial charge in [0.2, 0.25) is 5.91 Å². The largest absolute Gasteiger partial charge is 0.382 e. The molecule has 2 aliphatic rings. The smallest absolute Gasteiger partial charge is 0.230 e. The molecular weight excluding hydrogens is 402 g/mol. The number of fused-ring (bicyclic) bond motifs is 2. The first-order valence-electron chi connectivity index (χ1n) is 10.1. The second-order valence-corrected chi connectivity index (χ2v) is 9.00. The quantitative estimate of drug-likeness (QED) is 0.687. The number of nitrogens with two attached hydrogens (primary N) is 1. The van der Waals surface area contributed by atoms with Gasteiger partial charge in [-0.3, -0.25) is 4.79 Å². The molecule has 0 unspecified atom stereocenters. The van der Waals surface area contributed by atoms with Gasteiger partial charge in [-0.15, -0.1) is 11.3 Å². The zero-order valence-corrected chi connectivity index (χ0v) is 17.6. The van der Waals surface area contributed by atoms with Gasteiger partial charge in [0.1, 0.15) is 11.6 Å². The lowest BCUT2D eigenvalue weighted by molar-refractivity contribution is -0.140. The first-order chi connectivity index (χ1) is 14.5. The van der Waals surface area contributed by atoms with Crippen LogP contribution < -0.4 is 5.73 Å². The molecule has 5 heterocycles. The molecule has 9 heteroatoms. The summed E-state index contributed by atoms with van der Waals surface area (Å²) in [6, 6.07) is 4.00. The van der Waals surface area contributed by atoms with Crippen LogP contribution in [0, 0.1) is 6.92 Å². The highest BCUT2D eigenvalue weighted by Gasteiger charge is 2.43. The minimum Gasteiger partial charge on any atom is -0.382 e. The van der Waals surface area contributed by atoms with Crippen molar-refractivity contribution in [2.24, 2.45) is 0 Å². The fourth-order valence-corrected chi connectivity index (χ4v) is 5.49. The van der Waals surface area contributed by atoms with E-state index < -0.39 is 0 Å². The van der Waals surface area contributed by atoms with Crippen molar-refractivity contribution in [1.29, 1.82) is 0 Å². The number of ether oxygens (including phenoxy) is 1. The highest BCUT2D eigenvalue weighted by atomic mass is 32.1. The van der Waals surface area contributed by atoms with E-state index in [1.807, 2.05) is 17.9 Å². The molecule has 1 saturated heterocycles. The fourth-order valence-electron chi connectivity index (χ4n) is 4.30. The number of nitrogen functional groups attached to an aromatic ring is 1. The Morgan fingerprint density at radius 2 is 2.10 bits per heavy atom. The van der Waals surface area contributed by atoms with E-state index in [1.54, 1.807) is 23.7 Å². The van der Waals surface area contributed by atoms with Gasteiger partial charge < -0.3 is 19.9 Å². The Morgan fingerprint density at radius 3 is 2.80 bits per heavy atom. The Kier molecular flexibility index (Phi) is 4.79. The molecular formula is C21H23N5O3S. The van der Waals surface area contributed by atoms with Crippen LogP contribution >= 0.6 is 11.3 Å². The highest BCUT2D eigenvalue weighted by Crippen LogP contribution is 2.46. The molecule has 1 fully saturated rings. The summed E-state index contributed by atoms with van der Waals surface area (Å²) in [6.45, 7) is 3.88. The van der Waals surface area contributed by atoms with Crippen molar-refractivity contribution in [2.45, 2.75) is 38.2 Å². The summed E-state index contributed by atoms with van der Waals surface area (Å²) in [7, 11) is 0. The predicted octanol–water partition coefficient (Wildman–Crippen LogP) is 2.72. The Balaban J connectivity index is 1.32. The van der Waals surface area contributed by atoms with Crippen molar-refractivity contribution >= 4 is 23.1 Å². The second-order valence-electron chi connectivity index (χ2n) is 7.86. The van der Waals surface area contributed by atoms with Gasteiger partial charge in [0.25, 0.3) is 0 Å². The van der Waals surface area contributed by atoms with Crippen LogP contribution in [0.2, 0.25) is 0 Å². The van der Waals surface area contributed by atoms with Crippen LogP contribution in [-0.4, -0.2) is 45.6 Å². The van der Waals surface area contributed by atoms with Crippen LogP contribution in [-0.2, 0) is 28.0 Å². The minimum atomic E-state index is -0.330. The van der Waals surface area contributed by atoms with Crippen molar-refractivity contribution in [2.75, 3.05) is 25.4 Å². The van der Waals surface area contributed by atoms with E-state index in [9.17, 15) is 4.79 Å². The number of hydrogen-bond acceptors (Lipinski definition) is 8. The molecule has 0 atom stereocenters. The number of amides is 1. The molecule has 0 aliphatic carbocycles. The van der Waals surface area contributed by atoms with Crippen molar-refractivity contribution < 1.29 is 14.1 Å². The number of nitrogens with zero attached hydrogens (tertiary/aromatic N) is 4. The molecule has 0 aromatic carbocycles. The summed E-state index contributed by atoms with van der Waals surface area (Å²) in [5.74, 6) is 1.10. The number of hydrogen-bond donors (Lipinski definition) is 1. The Morgan fingerprint density at radius 1 is 1.27 bits per heavy atom. The van der Waals surface area contributed by atoms with E-state index in [-0.39, 0.29) is 17.9 Å². The van der Waals surface area contributed by atoms with Crippen molar-refractivity contribution in [3.63, 3.8) is 0 Å². The number of thiophene rings is 1. The number of anilines is 1.